The molecule has 0 amide bonds. The number of aromatic nitrogens is 1. The molecule has 1 aromatic heterocycles. The molecule has 1 N–H and O–H groups in total. The van der Waals surface area contributed by atoms with E-state index >= 15 is 0 Å². The summed E-state index contributed by atoms with van der Waals surface area (Å²) >= 11 is 2.30. The molecule has 2 aliphatic rings. The van der Waals surface area contributed by atoms with E-state index in [2.05, 4.69) is 40.8 Å². The average molecular weight is 563 g/mol. The topological polar surface area (TPSA) is 53.7 Å². The summed E-state index contributed by atoms with van der Waals surface area (Å²) < 4.78 is 8.79. The Kier molecular flexibility index (Phi) is 5.77. The Bertz CT molecular complexity index is 1480. The molecule has 5 nitrogen and oxygen atoms in total. The number of carbonyl (C=O) groups is 1. The molecule has 0 saturated carbocycles. The second-order valence-electron chi connectivity index (χ2n) is 8.28. The van der Waals surface area contributed by atoms with Crippen molar-refractivity contribution in [2.75, 3.05) is 18.6 Å². The van der Waals surface area contributed by atoms with E-state index in [9.17, 15) is 9.90 Å². The number of hydrogen-bond donors (Lipinski definition) is 1. The molecule has 0 radical (unpaired) electrons. The van der Waals surface area contributed by atoms with Gasteiger partial charge < -0.3 is 14.7 Å². The highest BCUT2D eigenvalue weighted by Gasteiger charge is 2.34. The molecule has 1 aliphatic carbocycles. The molecule has 2 aromatic carbocycles. The summed E-state index contributed by atoms with van der Waals surface area (Å²) in [5.74, 6) is 0.694. The van der Waals surface area contributed by atoms with Crippen molar-refractivity contribution >= 4 is 57.1 Å². The van der Waals surface area contributed by atoms with Crippen LogP contribution in [-0.2, 0) is 11.8 Å². The smallest absolute Gasteiger partial charge is 0.212 e. The maximum absolute atomic E-state index is 12.9. The number of nitrogens with zero attached hydrogens (tertiary/aromatic N) is 2. The highest BCUT2D eigenvalue weighted by Crippen LogP contribution is 2.36. The lowest BCUT2D eigenvalue weighted by molar-refractivity contribution is -0.646. The van der Waals surface area contributed by atoms with Crippen molar-refractivity contribution in [2.45, 2.75) is 6.92 Å². The third kappa shape index (κ3) is 3.81. The molecule has 0 spiro atoms. The third-order valence-electron chi connectivity index (χ3n) is 6.25. The fourth-order valence-corrected chi connectivity index (χ4v) is 4.86. The Morgan fingerprint density at radius 3 is 2.68 bits per heavy atom. The van der Waals surface area contributed by atoms with Crippen LogP contribution in [0.2, 0.25) is 0 Å². The van der Waals surface area contributed by atoms with Gasteiger partial charge in [-0.15, -0.1) is 0 Å². The van der Waals surface area contributed by atoms with E-state index in [-0.39, 0.29) is 11.5 Å². The number of ether oxygens (including phenoxy) is 1. The van der Waals surface area contributed by atoms with Crippen LogP contribution in [0.25, 0.3) is 23.1 Å². The summed E-state index contributed by atoms with van der Waals surface area (Å²) in [6.07, 6.45) is 7.44. The molecule has 3 aromatic rings. The number of benzene rings is 2. The zero-order valence-corrected chi connectivity index (χ0v) is 21.3. The lowest BCUT2D eigenvalue weighted by Gasteiger charge is -2.28. The summed E-state index contributed by atoms with van der Waals surface area (Å²) in [5.41, 5.74) is 5.45. The van der Waals surface area contributed by atoms with Crippen molar-refractivity contribution in [2.24, 2.45) is 7.05 Å². The molecule has 1 aliphatic heterocycles. The van der Waals surface area contributed by atoms with E-state index < -0.39 is 0 Å². The van der Waals surface area contributed by atoms with Gasteiger partial charge in [0.2, 0.25) is 17.0 Å². The number of aliphatic hydroxyl groups is 1. The quantitative estimate of drug-likeness (QED) is 0.259. The molecule has 34 heavy (non-hydrogen) atoms. The van der Waals surface area contributed by atoms with Crippen LogP contribution >= 0.6 is 22.6 Å². The zero-order valence-electron chi connectivity index (χ0n) is 19.2. The van der Waals surface area contributed by atoms with Crippen molar-refractivity contribution in [1.29, 1.82) is 0 Å². The normalized spacial score (nSPS) is 17.5. The zero-order chi connectivity index (χ0) is 24.0. The lowest BCUT2D eigenvalue weighted by Crippen LogP contribution is -2.33. The molecule has 0 fully saturated rings. The van der Waals surface area contributed by atoms with Gasteiger partial charge in [-0.1, -0.05) is 6.08 Å². The van der Waals surface area contributed by atoms with E-state index in [1.165, 1.54) is 3.57 Å². The number of likely N-dealkylation sites (N-methyl/N-ethyl adjacent to an activating group) is 1. The van der Waals surface area contributed by atoms with Crippen molar-refractivity contribution in [3.63, 3.8) is 0 Å². The van der Waals surface area contributed by atoms with E-state index in [0.29, 0.717) is 17.8 Å². The Hall–Kier alpha value is -3.39. The first-order chi connectivity index (χ1) is 16.4. The number of carbonyl (C=O) groups excluding carboxylic acids is 1. The van der Waals surface area contributed by atoms with Gasteiger partial charge in [0.1, 0.15) is 18.6 Å². The van der Waals surface area contributed by atoms with Crippen LogP contribution in [0, 0.1) is 3.57 Å². The molecule has 5 rings (SSSR count). The number of aryl methyl sites for hydroxylation is 1. The number of anilines is 1. The molecule has 0 atom stereocenters. The van der Waals surface area contributed by atoms with Crippen LogP contribution in [0.15, 0.2) is 83.3 Å². The molecular formula is C28H24IN2O3+. The van der Waals surface area contributed by atoms with E-state index in [4.69, 9.17) is 4.74 Å². The summed E-state index contributed by atoms with van der Waals surface area (Å²) in [5, 5.41) is 11.9. The van der Waals surface area contributed by atoms with E-state index in [1.807, 2.05) is 73.0 Å². The predicted octanol–water partition coefficient (Wildman–Crippen LogP) is 5.49. The van der Waals surface area contributed by atoms with Crippen molar-refractivity contribution in [3.8, 4) is 5.75 Å². The second-order valence-corrected chi connectivity index (χ2v) is 9.53. The Morgan fingerprint density at radius 2 is 1.91 bits per heavy atom. The summed E-state index contributed by atoms with van der Waals surface area (Å²) in [7, 11) is 3.91. The van der Waals surface area contributed by atoms with Crippen LogP contribution < -0.4 is 14.2 Å². The number of fused-ring (bicyclic) bond motifs is 2. The second kappa shape index (κ2) is 8.76. The summed E-state index contributed by atoms with van der Waals surface area (Å²) in [6, 6.07) is 16.2. The first-order valence-corrected chi connectivity index (χ1v) is 12.1. The Labute approximate surface area is 212 Å². The molecule has 2 heterocycles. The molecule has 0 unspecified atom stereocenters. The Morgan fingerprint density at radius 1 is 1.09 bits per heavy atom. The van der Waals surface area contributed by atoms with Crippen LogP contribution in [0.4, 0.5) is 5.69 Å². The van der Waals surface area contributed by atoms with Crippen LogP contribution in [0.1, 0.15) is 18.2 Å². The largest absolute Gasteiger partial charge is 0.506 e. The van der Waals surface area contributed by atoms with Gasteiger partial charge in [0.05, 0.1) is 17.8 Å². The van der Waals surface area contributed by atoms with Crippen LogP contribution in [-0.4, -0.2) is 24.5 Å². The third-order valence-corrected chi connectivity index (χ3v) is 6.92. The number of ketones is 1. The van der Waals surface area contributed by atoms with Crippen LogP contribution in [0.3, 0.4) is 0 Å². The van der Waals surface area contributed by atoms with Gasteiger partial charge in [-0.3, -0.25) is 4.79 Å². The van der Waals surface area contributed by atoms with Gasteiger partial charge in [0.15, 0.2) is 0 Å². The van der Waals surface area contributed by atoms with Gasteiger partial charge in [-0.25, -0.2) is 0 Å². The number of halogens is 1. The lowest BCUT2D eigenvalue weighted by atomic mass is 9.86. The highest BCUT2D eigenvalue weighted by atomic mass is 127. The van der Waals surface area contributed by atoms with Gasteiger partial charge >= 0.3 is 0 Å². The molecule has 0 saturated heterocycles. The van der Waals surface area contributed by atoms with Crippen molar-refractivity contribution < 1.29 is 19.2 Å². The average Bonchev–Trinajstić information content (AvgIpc) is 2.83. The molecule has 6 heteroatoms. The fraction of sp³-hybridized carbons (Fsp3) is 0.143. The number of Topliss-reactive ketones (excluding diaryl/α,β-unsaturated/α-hetero) is 1. The predicted molar refractivity (Wildman–Crippen MR) is 144 cm³/mol. The van der Waals surface area contributed by atoms with Crippen LogP contribution in [0.5, 0.6) is 5.75 Å². The van der Waals surface area contributed by atoms with Gasteiger partial charge in [-0.05, 0) is 78.1 Å². The molecule has 0 bridgehead atoms. The number of allylic oxidation sites excluding steroid dienone is 4. The van der Waals surface area contributed by atoms with E-state index in [1.54, 1.807) is 12.2 Å². The van der Waals surface area contributed by atoms with Gasteiger partial charge in [0.25, 0.3) is 0 Å². The monoisotopic (exact) mass is 563 g/mol. The standard InChI is InChI=1S/C28H23IN2O3/c1-4-34-22-10-12-26-18(14-22)6-9-21(31(26)3)16-24-27(32)23(28(24)33)15-20-8-5-17-13-19(29)7-11-25(17)30(20)2/h5-16H,4H2,1-3H3/p+1. The van der Waals surface area contributed by atoms with Gasteiger partial charge in [-0.2, -0.15) is 4.57 Å². The van der Waals surface area contributed by atoms with Gasteiger partial charge in [0, 0.05) is 51.2 Å². The number of aliphatic hydroxyl groups excluding tert-OH is 1. The highest BCUT2D eigenvalue weighted by molar-refractivity contribution is 14.1. The maximum Gasteiger partial charge on any atom is 0.212 e. The number of hydrogen-bond acceptors (Lipinski definition) is 4. The minimum absolute atomic E-state index is 0.0273. The SMILES string of the molecule is CCOc1ccc2c(c1)C=C/C(=C/C1=C(O)C(=C/c3ccc4cc(I)ccc4[n+]3C)/C1=O)N2C. The molecular weight excluding hydrogens is 539 g/mol. The minimum atomic E-state index is -0.160. The fourth-order valence-electron chi connectivity index (χ4n) is 4.34. The van der Waals surface area contributed by atoms with Crippen molar-refractivity contribution in [3.05, 3.63) is 98.1 Å². The molecule has 170 valence electrons. The minimum Gasteiger partial charge on any atom is -0.506 e. The first-order valence-electron chi connectivity index (χ1n) is 11.1. The summed E-state index contributed by atoms with van der Waals surface area (Å²) in [4.78, 5) is 14.9. The maximum atomic E-state index is 12.9. The Balaban J connectivity index is 1.46. The van der Waals surface area contributed by atoms with E-state index in [0.717, 1.165) is 39.3 Å². The first kappa shape index (κ1) is 22.4. The number of pyridine rings is 1. The van der Waals surface area contributed by atoms with Crippen molar-refractivity contribution in [1.82, 2.24) is 0 Å². The number of rotatable bonds is 4. The summed E-state index contributed by atoms with van der Waals surface area (Å²) in [6.45, 7) is 2.58.